The number of rotatable bonds is 8. The van der Waals surface area contributed by atoms with Crippen LogP contribution in [0.5, 0.6) is 0 Å². The molecule has 0 saturated carbocycles. The molecular formula is C17H25N3S. The minimum absolute atomic E-state index is 0.452. The first-order valence-electron chi connectivity index (χ1n) is 7.65. The smallest absolute Gasteiger partial charge is 0.110 e. The van der Waals surface area contributed by atoms with Crippen molar-refractivity contribution in [2.24, 2.45) is 0 Å². The maximum atomic E-state index is 4.49. The molecule has 0 radical (unpaired) electrons. The lowest BCUT2D eigenvalue weighted by Gasteiger charge is -2.18. The zero-order chi connectivity index (χ0) is 15.1. The van der Waals surface area contributed by atoms with E-state index in [1.165, 1.54) is 16.3 Å². The minimum Gasteiger partial charge on any atom is -0.335 e. The molecule has 0 aliphatic heterocycles. The number of hydrogen-bond donors (Lipinski definition) is 1. The van der Waals surface area contributed by atoms with Gasteiger partial charge in [0.2, 0.25) is 0 Å². The van der Waals surface area contributed by atoms with Crippen LogP contribution in [0.4, 0.5) is 0 Å². The summed E-state index contributed by atoms with van der Waals surface area (Å²) in [7, 11) is 0. The molecule has 3 nitrogen and oxygen atoms in total. The van der Waals surface area contributed by atoms with E-state index in [1.807, 2.05) is 18.0 Å². The number of benzene rings is 1. The number of hydrogen-bond acceptors (Lipinski definition) is 3. The summed E-state index contributed by atoms with van der Waals surface area (Å²) in [5.74, 6) is 2.24. The van der Waals surface area contributed by atoms with Gasteiger partial charge in [-0.2, -0.15) is 0 Å². The van der Waals surface area contributed by atoms with Crippen molar-refractivity contribution in [2.75, 3.05) is 12.3 Å². The van der Waals surface area contributed by atoms with Gasteiger partial charge < -0.3 is 9.88 Å². The molecule has 1 atom stereocenters. The quantitative estimate of drug-likeness (QED) is 0.757. The number of likely N-dealkylation sites (N-methyl/N-ethyl adjacent to an activating group) is 1. The Hall–Kier alpha value is -1.26. The largest absolute Gasteiger partial charge is 0.335 e. The molecule has 1 aromatic carbocycles. The zero-order valence-electron chi connectivity index (χ0n) is 13.2. The average Bonchev–Trinajstić information content (AvgIpc) is 2.92. The molecule has 2 aromatic rings. The van der Waals surface area contributed by atoms with Gasteiger partial charge in [0.15, 0.2) is 0 Å². The molecule has 0 saturated heterocycles. The maximum Gasteiger partial charge on any atom is 0.110 e. The lowest BCUT2D eigenvalue weighted by Crippen LogP contribution is -2.34. The van der Waals surface area contributed by atoms with Gasteiger partial charge in [-0.25, -0.2) is 4.98 Å². The van der Waals surface area contributed by atoms with Gasteiger partial charge in [-0.05, 0) is 32.5 Å². The van der Waals surface area contributed by atoms with E-state index in [-0.39, 0.29) is 0 Å². The van der Waals surface area contributed by atoms with E-state index in [4.69, 9.17) is 0 Å². The normalized spacial score (nSPS) is 12.5. The molecule has 114 valence electrons. The minimum atomic E-state index is 0.452. The van der Waals surface area contributed by atoms with Crippen LogP contribution in [-0.2, 0) is 13.0 Å². The van der Waals surface area contributed by atoms with Crippen molar-refractivity contribution in [3.63, 3.8) is 0 Å². The van der Waals surface area contributed by atoms with Gasteiger partial charge >= 0.3 is 0 Å². The Morgan fingerprint density at radius 3 is 2.90 bits per heavy atom. The van der Waals surface area contributed by atoms with Gasteiger partial charge in [-0.1, -0.05) is 24.6 Å². The van der Waals surface area contributed by atoms with Crippen molar-refractivity contribution in [2.45, 2.75) is 44.7 Å². The molecule has 1 N–H and O–H groups in total. The van der Waals surface area contributed by atoms with Gasteiger partial charge in [-0.15, -0.1) is 11.8 Å². The van der Waals surface area contributed by atoms with E-state index < -0.39 is 0 Å². The Kier molecular flexibility index (Phi) is 6.33. The molecule has 1 heterocycles. The molecule has 0 bridgehead atoms. The summed E-state index contributed by atoms with van der Waals surface area (Å²) in [4.78, 5) is 5.84. The van der Waals surface area contributed by atoms with Gasteiger partial charge in [-0.3, -0.25) is 0 Å². The van der Waals surface area contributed by atoms with Gasteiger partial charge in [0.1, 0.15) is 5.82 Å². The van der Waals surface area contributed by atoms with Gasteiger partial charge in [0.25, 0.3) is 0 Å². The van der Waals surface area contributed by atoms with Crippen molar-refractivity contribution in [3.05, 3.63) is 48.0 Å². The Labute approximate surface area is 132 Å². The molecule has 4 heteroatoms. The SMILES string of the molecule is CCNC(CSc1cccc(C)c1)Cc1nccn1CC. The van der Waals surface area contributed by atoms with E-state index in [9.17, 15) is 0 Å². The molecule has 1 aromatic heterocycles. The Morgan fingerprint density at radius 1 is 1.33 bits per heavy atom. The summed E-state index contributed by atoms with van der Waals surface area (Å²) in [5, 5.41) is 3.58. The van der Waals surface area contributed by atoms with Gasteiger partial charge in [0.05, 0.1) is 0 Å². The van der Waals surface area contributed by atoms with E-state index in [0.717, 1.165) is 25.3 Å². The van der Waals surface area contributed by atoms with E-state index in [2.05, 4.69) is 66.1 Å². The van der Waals surface area contributed by atoms with Crippen molar-refractivity contribution < 1.29 is 0 Å². The predicted octanol–water partition coefficient (Wildman–Crippen LogP) is 3.52. The summed E-state index contributed by atoms with van der Waals surface area (Å²) in [6, 6.07) is 9.16. The van der Waals surface area contributed by atoms with Crippen LogP contribution in [-0.4, -0.2) is 27.9 Å². The third-order valence-corrected chi connectivity index (χ3v) is 4.66. The van der Waals surface area contributed by atoms with Crippen LogP contribution in [0, 0.1) is 6.92 Å². The molecule has 21 heavy (non-hydrogen) atoms. The number of nitrogens with one attached hydrogen (secondary N) is 1. The standard InChI is InChI=1S/C17H25N3S/c1-4-18-15(12-17-19-9-10-20(17)5-2)13-21-16-8-6-7-14(3)11-16/h6-11,15,18H,4-5,12-13H2,1-3H3. The summed E-state index contributed by atoms with van der Waals surface area (Å²) < 4.78 is 2.22. The van der Waals surface area contributed by atoms with Crippen molar-refractivity contribution in [1.29, 1.82) is 0 Å². The second-order valence-electron chi connectivity index (χ2n) is 5.22. The van der Waals surface area contributed by atoms with E-state index >= 15 is 0 Å². The van der Waals surface area contributed by atoms with Crippen molar-refractivity contribution in [3.8, 4) is 0 Å². The first-order chi connectivity index (χ1) is 10.2. The number of aryl methyl sites for hydroxylation is 2. The molecule has 0 amide bonds. The van der Waals surface area contributed by atoms with Crippen molar-refractivity contribution in [1.82, 2.24) is 14.9 Å². The third kappa shape index (κ3) is 4.90. The Balaban J connectivity index is 1.95. The highest BCUT2D eigenvalue weighted by Crippen LogP contribution is 2.20. The van der Waals surface area contributed by atoms with Crippen LogP contribution < -0.4 is 5.32 Å². The highest BCUT2D eigenvalue weighted by atomic mass is 32.2. The fourth-order valence-electron chi connectivity index (χ4n) is 2.42. The van der Waals surface area contributed by atoms with Crippen LogP contribution in [0.15, 0.2) is 41.6 Å². The number of imidazole rings is 1. The Morgan fingerprint density at radius 2 is 2.19 bits per heavy atom. The van der Waals surface area contributed by atoms with Crippen LogP contribution >= 0.6 is 11.8 Å². The first kappa shape index (κ1) is 16.1. The maximum absolute atomic E-state index is 4.49. The zero-order valence-corrected chi connectivity index (χ0v) is 14.0. The Bertz CT molecular complexity index is 550. The molecule has 1 unspecified atom stereocenters. The first-order valence-corrected chi connectivity index (χ1v) is 8.64. The molecule has 2 rings (SSSR count). The molecule has 0 spiro atoms. The fourth-order valence-corrected chi connectivity index (χ4v) is 3.49. The highest BCUT2D eigenvalue weighted by molar-refractivity contribution is 7.99. The predicted molar refractivity (Wildman–Crippen MR) is 91.0 cm³/mol. The summed E-state index contributed by atoms with van der Waals surface area (Å²) in [5.41, 5.74) is 1.32. The lowest BCUT2D eigenvalue weighted by molar-refractivity contribution is 0.542. The number of nitrogens with zero attached hydrogens (tertiary/aromatic N) is 2. The van der Waals surface area contributed by atoms with E-state index in [0.29, 0.717) is 6.04 Å². The lowest BCUT2D eigenvalue weighted by atomic mass is 10.2. The summed E-state index contributed by atoms with van der Waals surface area (Å²) in [6.45, 7) is 8.44. The highest BCUT2D eigenvalue weighted by Gasteiger charge is 2.12. The number of aromatic nitrogens is 2. The molecule has 0 aliphatic rings. The second kappa shape index (κ2) is 8.25. The molecular weight excluding hydrogens is 278 g/mol. The van der Waals surface area contributed by atoms with Crippen LogP contribution in [0.2, 0.25) is 0 Å². The van der Waals surface area contributed by atoms with Crippen LogP contribution in [0.25, 0.3) is 0 Å². The topological polar surface area (TPSA) is 29.9 Å². The monoisotopic (exact) mass is 303 g/mol. The van der Waals surface area contributed by atoms with Crippen LogP contribution in [0.1, 0.15) is 25.2 Å². The average molecular weight is 303 g/mol. The summed E-state index contributed by atoms with van der Waals surface area (Å²) >= 11 is 1.92. The number of thioether (sulfide) groups is 1. The van der Waals surface area contributed by atoms with Crippen molar-refractivity contribution >= 4 is 11.8 Å². The fraction of sp³-hybridized carbons (Fsp3) is 0.471. The molecule has 0 fully saturated rings. The second-order valence-corrected chi connectivity index (χ2v) is 6.31. The summed E-state index contributed by atoms with van der Waals surface area (Å²) in [6.07, 6.45) is 4.94. The third-order valence-electron chi connectivity index (χ3n) is 3.50. The van der Waals surface area contributed by atoms with Crippen LogP contribution in [0.3, 0.4) is 0 Å². The molecule has 0 aliphatic carbocycles. The van der Waals surface area contributed by atoms with E-state index in [1.54, 1.807) is 0 Å². The van der Waals surface area contributed by atoms with Gasteiger partial charge in [0, 0.05) is 42.0 Å².